The van der Waals surface area contributed by atoms with Crippen LogP contribution >= 0.6 is 11.8 Å². The molecule has 0 saturated heterocycles. The molecule has 2 rings (SSSR count). The van der Waals surface area contributed by atoms with E-state index in [2.05, 4.69) is 12.2 Å². The molecule has 0 aromatic rings. The summed E-state index contributed by atoms with van der Waals surface area (Å²) in [5.74, 6) is 1.25. The van der Waals surface area contributed by atoms with Crippen LogP contribution in [0.15, 0.2) is 4.99 Å². The Kier molecular flexibility index (Phi) is 4.14. The van der Waals surface area contributed by atoms with Gasteiger partial charge in [-0.15, -0.1) is 0 Å². The maximum atomic E-state index is 5.11. The van der Waals surface area contributed by atoms with Crippen LogP contribution in [0.4, 0.5) is 0 Å². The van der Waals surface area contributed by atoms with E-state index in [-0.39, 0.29) is 0 Å². The lowest BCUT2D eigenvalue weighted by Gasteiger charge is -2.31. The molecule has 0 bridgehead atoms. The van der Waals surface area contributed by atoms with Crippen LogP contribution in [0, 0.1) is 5.41 Å². The van der Waals surface area contributed by atoms with Gasteiger partial charge >= 0.3 is 0 Å². The third kappa shape index (κ3) is 2.92. The van der Waals surface area contributed by atoms with Crippen LogP contribution in [-0.4, -0.2) is 37.2 Å². The van der Waals surface area contributed by atoms with Gasteiger partial charge in [0, 0.05) is 25.4 Å². The average molecular weight is 242 g/mol. The zero-order chi connectivity index (χ0) is 11.4. The van der Waals surface area contributed by atoms with Gasteiger partial charge in [0.1, 0.15) is 0 Å². The molecule has 1 heterocycles. The van der Waals surface area contributed by atoms with Gasteiger partial charge in [0.05, 0.1) is 6.61 Å². The van der Waals surface area contributed by atoms with E-state index in [4.69, 9.17) is 9.73 Å². The molecule has 92 valence electrons. The summed E-state index contributed by atoms with van der Waals surface area (Å²) < 4.78 is 5.11. The summed E-state index contributed by atoms with van der Waals surface area (Å²) in [5, 5.41) is 4.53. The number of nitrogens with zero attached hydrogens (tertiary/aromatic N) is 1. The maximum Gasteiger partial charge on any atom is 0.156 e. The van der Waals surface area contributed by atoms with E-state index >= 15 is 0 Å². The van der Waals surface area contributed by atoms with Crippen molar-refractivity contribution in [2.24, 2.45) is 10.4 Å². The quantitative estimate of drug-likeness (QED) is 0.824. The van der Waals surface area contributed by atoms with Gasteiger partial charge in [-0.1, -0.05) is 24.6 Å². The van der Waals surface area contributed by atoms with Crippen molar-refractivity contribution in [3.8, 4) is 0 Å². The van der Waals surface area contributed by atoms with Crippen LogP contribution in [-0.2, 0) is 4.74 Å². The molecule has 0 radical (unpaired) electrons. The molecule has 1 unspecified atom stereocenters. The molecule has 0 aromatic carbocycles. The Morgan fingerprint density at radius 3 is 2.81 bits per heavy atom. The molecule has 1 aliphatic carbocycles. The molecule has 1 fully saturated rings. The fourth-order valence-electron chi connectivity index (χ4n) is 2.57. The first-order valence-electron chi connectivity index (χ1n) is 6.17. The Morgan fingerprint density at radius 1 is 1.50 bits per heavy atom. The van der Waals surface area contributed by atoms with Crippen LogP contribution in [0.3, 0.4) is 0 Å². The molecular weight excluding hydrogens is 220 g/mol. The minimum atomic E-state index is 0.355. The summed E-state index contributed by atoms with van der Waals surface area (Å²) in [4.78, 5) is 4.70. The van der Waals surface area contributed by atoms with E-state index < -0.39 is 0 Å². The Morgan fingerprint density at radius 2 is 2.25 bits per heavy atom. The highest BCUT2D eigenvalue weighted by Crippen LogP contribution is 2.43. The summed E-state index contributed by atoms with van der Waals surface area (Å²) >= 11 is 1.90. The van der Waals surface area contributed by atoms with E-state index in [0.717, 1.165) is 18.3 Å². The summed E-state index contributed by atoms with van der Waals surface area (Å²) in [6.45, 7) is 3.90. The monoisotopic (exact) mass is 242 g/mol. The SMILES string of the molecule is COCC(C)NC1=NCC2(CCCC2)CS1. The minimum Gasteiger partial charge on any atom is -0.383 e. The summed E-state index contributed by atoms with van der Waals surface area (Å²) in [7, 11) is 1.74. The smallest absolute Gasteiger partial charge is 0.156 e. The molecule has 0 amide bonds. The largest absolute Gasteiger partial charge is 0.383 e. The second-order valence-corrected chi connectivity index (χ2v) is 6.08. The Hall–Kier alpha value is -0.220. The molecule has 1 N–H and O–H groups in total. The number of hydrogen-bond donors (Lipinski definition) is 1. The molecule has 1 spiro atoms. The van der Waals surface area contributed by atoms with Crippen molar-refractivity contribution in [2.45, 2.75) is 38.6 Å². The van der Waals surface area contributed by atoms with Crippen molar-refractivity contribution in [2.75, 3.05) is 26.0 Å². The molecule has 1 aliphatic heterocycles. The first kappa shape index (κ1) is 12.2. The molecule has 1 saturated carbocycles. The Labute approximate surface area is 102 Å². The van der Waals surface area contributed by atoms with E-state index in [1.54, 1.807) is 7.11 Å². The van der Waals surface area contributed by atoms with Gasteiger partial charge in [0.15, 0.2) is 5.17 Å². The zero-order valence-corrected chi connectivity index (χ0v) is 11.1. The van der Waals surface area contributed by atoms with E-state index in [9.17, 15) is 0 Å². The average Bonchev–Trinajstić information content (AvgIpc) is 2.71. The molecular formula is C12H22N2OS. The predicted molar refractivity (Wildman–Crippen MR) is 70.1 cm³/mol. The lowest BCUT2D eigenvalue weighted by molar-refractivity contribution is 0.179. The minimum absolute atomic E-state index is 0.355. The van der Waals surface area contributed by atoms with Gasteiger partial charge in [0.25, 0.3) is 0 Å². The van der Waals surface area contributed by atoms with Crippen LogP contribution in [0.1, 0.15) is 32.6 Å². The van der Waals surface area contributed by atoms with Gasteiger partial charge in [-0.3, -0.25) is 4.99 Å². The van der Waals surface area contributed by atoms with Crippen LogP contribution in [0.5, 0.6) is 0 Å². The highest BCUT2D eigenvalue weighted by atomic mass is 32.2. The molecule has 1 atom stereocenters. The lowest BCUT2D eigenvalue weighted by atomic mass is 9.89. The highest BCUT2D eigenvalue weighted by Gasteiger charge is 2.36. The summed E-state index contributed by atoms with van der Waals surface area (Å²) in [5.41, 5.74) is 0.542. The Bertz CT molecular complexity index is 262. The molecule has 16 heavy (non-hydrogen) atoms. The number of aliphatic imine (C=N–C) groups is 1. The van der Waals surface area contributed by atoms with Crippen molar-refractivity contribution in [1.29, 1.82) is 0 Å². The molecule has 4 heteroatoms. The van der Waals surface area contributed by atoms with Crippen LogP contribution in [0.2, 0.25) is 0 Å². The third-order valence-electron chi connectivity index (χ3n) is 3.52. The second-order valence-electron chi connectivity index (χ2n) is 5.12. The topological polar surface area (TPSA) is 33.6 Å². The fourth-order valence-corrected chi connectivity index (χ4v) is 3.83. The zero-order valence-electron chi connectivity index (χ0n) is 10.3. The number of nitrogens with one attached hydrogen (secondary N) is 1. The van der Waals surface area contributed by atoms with Crippen molar-refractivity contribution in [1.82, 2.24) is 5.32 Å². The van der Waals surface area contributed by atoms with Gasteiger partial charge in [-0.25, -0.2) is 0 Å². The first-order chi connectivity index (χ1) is 7.74. The van der Waals surface area contributed by atoms with Crippen LogP contribution in [0.25, 0.3) is 0 Å². The van der Waals surface area contributed by atoms with Gasteiger partial charge in [0.2, 0.25) is 0 Å². The first-order valence-corrected chi connectivity index (χ1v) is 7.15. The fraction of sp³-hybridized carbons (Fsp3) is 0.917. The predicted octanol–water partition coefficient (Wildman–Crippen LogP) is 2.27. The van der Waals surface area contributed by atoms with E-state index in [0.29, 0.717) is 11.5 Å². The number of methoxy groups -OCH3 is 1. The number of thioether (sulfide) groups is 1. The van der Waals surface area contributed by atoms with Crippen molar-refractivity contribution in [3.63, 3.8) is 0 Å². The van der Waals surface area contributed by atoms with Crippen molar-refractivity contribution in [3.05, 3.63) is 0 Å². The number of rotatable bonds is 3. The normalized spacial score (nSPS) is 25.5. The van der Waals surface area contributed by atoms with Gasteiger partial charge in [-0.2, -0.15) is 0 Å². The number of ether oxygens (including phenoxy) is 1. The Balaban J connectivity index is 1.83. The van der Waals surface area contributed by atoms with Gasteiger partial charge < -0.3 is 10.1 Å². The summed E-state index contributed by atoms with van der Waals surface area (Å²) in [6, 6.07) is 0.355. The van der Waals surface area contributed by atoms with E-state index in [1.165, 1.54) is 31.4 Å². The molecule has 0 aromatic heterocycles. The van der Waals surface area contributed by atoms with E-state index in [1.807, 2.05) is 11.8 Å². The highest BCUT2D eigenvalue weighted by molar-refractivity contribution is 8.13. The second kappa shape index (κ2) is 5.41. The number of amidine groups is 1. The van der Waals surface area contributed by atoms with Crippen LogP contribution < -0.4 is 5.32 Å². The maximum absolute atomic E-state index is 5.11. The third-order valence-corrected chi connectivity index (χ3v) is 4.80. The standard InChI is InChI=1S/C12H22N2OS/c1-10(7-15-2)14-11-13-8-12(9-16-11)5-3-4-6-12/h10H,3-9H2,1-2H3,(H,13,14). The van der Waals surface area contributed by atoms with Gasteiger partial charge in [-0.05, 0) is 25.2 Å². The molecule has 3 nitrogen and oxygen atoms in total. The number of hydrogen-bond acceptors (Lipinski definition) is 4. The summed E-state index contributed by atoms with van der Waals surface area (Å²) in [6.07, 6.45) is 5.56. The van der Waals surface area contributed by atoms with Crippen molar-refractivity contribution < 1.29 is 4.74 Å². The van der Waals surface area contributed by atoms with Crippen molar-refractivity contribution >= 4 is 16.9 Å². The molecule has 2 aliphatic rings. The lowest BCUT2D eigenvalue weighted by Crippen LogP contribution is -2.39.